The van der Waals surface area contributed by atoms with E-state index in [-0.39, 0.29) is 0 Å². The third-order valence-corrected chi connectivity index (χ3v) is 13.3. The molecule has 3 nitrogen and oxygen atoms in total. The largest absolute Gasteiger partial charge is 0.309 e. The number of imidazole rings is 1. The summed E-state index contributed by atoms with van der Waals surface area (Å²) < 4.78 is 17.2. The highest BCUT2D eigenvalue weighted by molar-refractivity contribution is 7.85. The van der Waals surface area contributed by atoms with Crippen molar-refractivity contribution in [1.29, 1.82) is 0 Å². The zero-order valence-electron chi connectivity index (χ0n) is 27.6. The van der Waals surface area contributed by atoms with Gasteiger partial charge >= 0.3 is 0 Å². The van der Waals surface area contributed by atoms with E-state index < -0.39 is 7.14 Å². The summed E-state index contributed by atoms with van der Waals surface area (Å²) in [7, 11) is -3.02. The van der Waals surface area contributed by atoms with Gasteiger partial charge in [-0.1, -0.05) is 164 Å². The van der Waals surface area contributed by atoms with Gasteiger partial charge in [0.25, 0.3) is 0 Å². The van der Waals surface area contributed by atoms with Crippen LogP contribution in [0.25, 0.3) is 71.4 Å². The fraction of sp³-hybridized carbons (Fsp3) is 0. The molecule has 0 aliphatic rings. The maximum atomic E-state index is 14.8. The number of nitrogens with zero attached hydrogens (tertiary/aromatic N) is 2. The van der Waals surface area contributed by atoms with E-state index in [9.17, 15) is 4.57 Å². The van der Waals surface area contributed by atoms with E-state index in [1.807, 2.05) is 72.8 Å². The van der Waals surface area contributed by atoms with Crippen molar-refractivity contribution in [3.05, 3.63) is 188 Å². The number of pyridine rings is 1. The lowest BCUT2D eigenvalue weighted by molar-refractivity contribution is 0.592. The Labute approximate surface area is 295 Å². The monoisotopic (exact) mass is 670 g/mol. The Kier molecular flexibility index (Phi) is 6.77. The average molecular weight is 671 g/mol. The molecule has 0 radical (unpaired) electrons. The highest BCUT2D eigenvalue weighted by Crippen LogP contribution is 2.43. The first-order valence-electron chi connectivity index (χ1n) is 17.2. The Hall–Kier alpha value is -6.28. The van der Waals surface area contributed by atoms with Crippen LogP contribution in [0.2, 0.25) is 0 Å². The molecule has 0 N–H and O–H groups in total. The van der Waals surface area contributed by atoms with E-state index in [0.717, 1.165) is 65.8 Å². The Bertz CT molecular complexity index is 2920. The van der Waals surface area contributed by atoms with Gasteiger partial charge in [-0.25, -0.2) is 4.98 Å². The van der Waals surface area contributed by atoms with Crippen molar-refractivity contribution in [3.8, 4) is 22.3 Å². The van der Waals surface area contributed by atoms with E-state index in [2.05, 4.69) is 120 Å². The second-order valence-corrected chi connectivity index (χ2v) is 15.9. The number of hydrogen-bond donors (Lipinski definition) is 0. The van der Waals surface area contributed by atoms with Crippen LogP contribution in [-0.2, 0) is 4.57 Å². The number of benzene rings is 8. The Morgan fingerprint density at radius 3 is 1.65 bits per heavy atom. The molecule has 2 aromatic heterocycles. The van der Waals surface area contributed by atoms with E-state index in [4.69, 9.17) is 4.98 Å². The molecular formula is C47H31N2OP. The van der Waals surface area contributed by atoms with Crippen molar-refractivity contribution in [2.24, 2.45) is 0 Å². The molecule has 0 spiro atoms. The van der Waals surface area contributed by atoms with Gasteiger partial charge in [-0.05, 0) is 57.3 Å². The summed E-state index contributed by atoms with van der Waals surface area (Å²) in [6.45, 7) is 0. The summed E-state index contributed by atoms with van der Waals surface area (Å²) >= 11 is 0. The molecule has 0 unspecified atom stereocenters. The fourth-order valence-electron chi connectivity index (χ4n) is 7.75. The van der Waals surface area contributed by atoms with Gasteiger partial charge < -0.3 is 4.57 Å². The number of aromatic nitrogens is 2. The molecule has 0 fully saturated rings. The molecule has 51 heavy (non-hydrogen) atoms. The molecule has 0 amide bonds. The summed E-state index contributed by atoms with van der Waals surface area (Å²) in [6.07, 6.45) is 0. The Balaban J connectivity index is 1.07. The molecular weight excluding hydrogens is 640 g/mol. The van der Waals surface area contributed by atoms with E-state index in [0.29, 0.717) is 0 Å². The Morgan fingerprint density at radius 2 is 0.941 bits per heavy atom. The zero-order valence-corrected chi connectivity index (χ0v) is 28.5. The molecule has 8 aromatic carbocycles. The van der Waals surface area contributed by atoms with Crippen LogP contribution in [-0.4, -0.2) is 9.38 Å². The lowest BCUT2D eigenvalue weighted by Gasteiger charge is -2.20. The lowest BCUT2D eigenvalue weighted by Crippen LogP contribution is -2.24. The zero-order chi connectivity index (χ0) is 33.9. The van der Waals surface area contributed by atoms with Gasteiger partial charge in [-0.3, -0.25) is 4.40 Å². The standard InChI is InChI=1S/C47H31N2OP/c50-51(37-12-3-1-4-13-37,38-14-5-2-6-15-38)39-27-23-33(24-28-39)32-19-21-34(22-20-32)36-26-29-41-45(31-36)49-44-18-10-9-17-43(44)48-47(49)42-30-25-35-11-7-8-16-40(35)46(41)42/h1-31H. The molecule has 240 valence electrons. The number of para-hydroxylation sites is 2. The molecule has 0 saturated carbocycles. The second-order valence-electron chi connectivity index (χ2n) is 13.1. The number of rotatable bonds is 5. The van der Waals surface area contributed by atoms with Gasteiger partial charge in [0.15, 0.2) is 7.14 Å². The quantitative estimate of drug-likeness (QED) is 0.135. The predicted molar refractivity (Wildman–Crippen MR) is 215 cm³/mol. The molecule has 0 atom stereocenters. The fourth-order valence-corrected chi connectivity index (χ4v) is 10.4. The third-order valence-electron chi connectivity index (χ3n) is 10.3. The molecule has 2 heterocycles. The minimum atomic E-state index is -3.02. The highest BCUT2D eigenvalue weighted by Gasteiger charge is 2.29. The normalized spacial score (nSPS) is 12.0. The van der Waals surface area contributed by atoms with Gasteiger partial charge in [0.1, 0.15) is 5.65 Å². The van der Waals surface area contributed by atoms with Crippen LogP contribution >= 0.6 is 7.14 Å². The van der Waals surface area contributed by atoms with Crippen molar-refractivity contribution in [1.82, 2.24) is 9.38 Å². The third kappa shape index (κ3) is 4.66. The van der Waals surface area contributed by atoms with Crippen LogP contribution in [0.5, 0.6) is 0 Å². The van der Waals surface area contributed by atoms with Crippen LogP contribution in [0.15, 0.2) is 188 Å². The second kappa shape index (κ2) is 11.7. The van der Waals surface area contributed by atoms with Crippen LogP contribution in [0.1, 0.15) is 0 Å². The molecule has 0 bridgehead atoms. The van der Waals surface area contributed by atoms with Gasteiger partial charge in [-0.2, -0.15) is 0 Å². The van der Waals surface area contributed by atoms with Crippen LogP contribution < -0.4 is 15.9 Å². The van der Waals surface area contributed by atoms with Crippen molar-refractivity contribution in [2.75, 3.05) is 0 Å². The van der Waals surface area contributed by atoms with Gasteiger partial charge in [-0.15, -0.1) is 0 Å². The predicted octanol–water partition coefficient (Wildman–Crippen LogP) is 10.9. The first-order chi connectivity index (χ1) is 25.2. The summed E-state index contributed by atoms with van der Waals surface area (Å²) in [4.78, 5) is 5.15. The van der Waals surface area contributed by atoms with Gasteiger partial charge in [0.2, 0.25) is 0 Å². The average Bonchev–Trinajstić information content (AvgIpc) is 3.61. The number of hydrogen-bond acceptors (Lipinski definition) is 2. The minimum absolute atomic E-state index is 0.829. The van der Waals surface area contributed by atoms with Gasteiger partial charge in [0.05, 0.1) is 16.6 Å². The van der Waals surface area contributed by atoms with Crippen LogP contribution in [0.4, 0.5) is 0 Å². The number of fused-ring (bicyclic) bond motifs is 10. The molecule has 0 aliphatic heterocycles. The molecule has 4 heteroatoms. The maximum absolute atomic E-state index is 14.8. The van der Waals surface area contributed by atoms with Crippen molar-refractivity contribution < 1.29 is 4.57 Å². The van der Waals surface area contributed by atoms with Crippen molar-refractivity contribution in [3.63, 3.8) is 0 Å². The van der Waals surface area contributed by atoms with Crippen LogP contribution in [0, 0.1) is 0 Å². The maximum Gasteiger partial charge on any atom is 0.171 e. The van der Waals surface area contributed by atoms with Crippen LogP contribution in [0.3, 0.4) is 0 Å². The van der Waals surface area contributed by atoms with Crippen molar-refractivity contribution >= 4 is 72.2 Å². The van der Waals surface area contributed by atoms with E-state index in [1.54, 1.807) is 0 Å². The summed E-state index contributed by atoms with van der Waals surface area (Å²) in [5.74, 6) is 0. The SMILES string of the molecule is O=P(c1ccccc1)(c1ccccc1)c1ccc(-c2ccc(-c3ccc4c5c6ccccc6ccc5c5nc6ccccc6n5c4c3)cc2)cc1. The van der Waals surface area contributed by atoms with E-state index >= 15 is 0 Å². The topological polar surface area (TPSA) is 34.4 Å². The van der Waals surface area contributed by atoms with Crippen molar-refractivity contribution in [2.45, 2.75) is 0 Å². The summed E-state index contributed by atoms with van der Waals surface area (Å²) in [6, 6.07) is 64.9. The first-order valence-corrected chi connectivity index (χ1v) is 18.9. The highest BCUT2D eigenvalue weighted by atomic mass is 31.2. The summed E-state index contributed by atoms with van der Waals surface area (Å²) in [5, 5.41) is 8.57. The van der Waals surface area contributed by atoms with Gasteiger partial charge in [0, 0.05) is 32.1 Å². The molecule has 0 aliphatic carbocycles. The minimum Gasteiger partial charge on any atom is -0.309 e. The Morgan fingerprint density at radius 1 is 0.412 bits per heavy atom. The summed E-state index contributed by atoms with van der Waals surface area (Å²) in [5.41, 5.74) is 8.70. The molecule has 10 rings (SSSR count). The smallest absolute Gasteiger partial charge is 0.171 e. The molecule has 0 saturated heterocycles. The first kappa shape index (κ1) is 29.6. The van der Waals surface area contributed by atoms with E-state index in [1.165, 1.54) is 21.5 Å². The lowest BCUT2D eigenvalue weighted by atomic mass is 9.96. The molecule has 10 aromatic rings.